The Morgan fingerprint density at radius 2 is 2.44 bits per heavy atom. The van der Waals surface area contributed by atoms with Crippen molar-refractivity contribution in [3.63, 3.8) is 0 Å². The van der Waals surface area contributed by atoms with Gasteiger partial charge in [0.2, 0.25) is 5.91 Å². The van der Waals surface area contributed by atoms with E-state index in [1.54, 1.807) is 0 Å². The third kappa shape index (κ3) is 1.02. The molecule has 0 spiro atoms. The van der Waals surface area contributed by atoms with Crippen molar-refractivity contribution >= 4 is 5.91 Å². The maximum atomic E-state index is 10.3. The third-order valence-electron chi connectivity index (χ3n) is 0.963. The molecule has 0 saturated carbocycles. The molecule has 4 heteroatoms. The van der Waals surface area contributed by atoms with Crippen LogP contribution in [0.15, 0.2) is 18.5 Å². The predicted molar refractivity (Wildman–Crippen MR) is 30.1 cm³/mol. The lowest BCUT2D eigenvalue weighted by atomic mass is 10.3. The van der Waals surface area contributed by atoms with Crippen LogP contribution >= 0.6 is 0 Å². The summed E-state index contributed by atoms with van der Waals surface area (Å²) >= 11 is 0. The molecular formula is C5H6N2O2. The average Bonchev–Trinajstić information content (AvgIpc) is 2.14. The highest BCUT2D eigenvalue weighted by Crippen LogP contribution is 1.95. The Bertz CT molecular complexity index is 229. The Morgan fingerprint density at radius 1 is 1.78 bits per heavy atom. The molecule has 1 aromatic heterocycles. The molecule has 1 aromatic rings. The summed E-state index contributed by atoms with van der Waals surface area (Å²) in [6, 6.07) is 1.43. The highest BCUT2D eigenvalue weighted by Gasteiger charge is 1.99. The van der Waals surface area contributed by atoms with Crippen LogP contribution in [0.5, 0.6) is 0 Å². The van der Waals surface area contributed by atoms with Gasteiger partial charge in [0.15, 0.2) is 0 Å². The first-order valence-electron chi connectivity index (χ1n) is 2.37. The zero-order chi connectivity index (χ0) is 6.85. The molecule has 3 N–H and O–H groups in total. The largest absolute Gasteiger partial charge is 0.429 e. The van der Waals surface area contributed by atoms with E-state index in [2.05, 4.69) is 0 Å². The molecule has 1 heterocycles. The summed E-state index contributed by atoms with van der Waals surface area (Å²) in [6.07, 6.45) is 2.57. The summed E-state index contributed by atoms with van der Waals surface area (Å²) in [5.41, 5.74) is 5.17. The van der Waals surface area contributed by atoms with Gasteiger partial charge in [-0.25, -0.2) is 4.73 Å². The van der Waals surface area contributed by atoms with Crippen LogP contribution in [0.25, 0.3) is 0 Å². The van der Waals surface area contributed by atoms with E-state index < -0.39 is 5.91 Å². The van der Waals surface area contributed by atoms with Crippen molar-refractivity contribution in [3.05, 3.63) is 24.0 Å². The summed E-state index contributed by atoms with van der Waals surface area (Å²) in [5, 5.41) is 8.61. The minimum atomic E-state index is -0.539. The van der Waals surface area contributed by atoms with Crippen molar-refractivity contribution in [3.8, 4) is 0 Å². The van der Waals surface area contributed by atoms with E-state index in [1.807, 2.05) is 0 Å². The molecule has 0 fully saturated rings. The van der Waals surface area contributed by atoms with Crippen LogP contribution in [0.1, 0.15) is 10.4 Å². The van der Waals surface area contributed by atoms with Gasteiger partial charge in [-0.15, -0.1) is 0 Å². The van der Waals surface area contributed by atoms with Crippen molar-refractivity contribution in [2.24, 2.45) is 5.73 Å². The van der Waals surface area contributed by atoms with Crippen LogP contribution < -0.4 is 5.73 Å². The fraction of sp³-hybridized carbons (Fsp3) is 0. The van der Waals surface area contributed by atoms with Gasteiger partial charge in [0.25, 0.3) is 0 Å². The van der Waals surface area contributed by atoms with Crippen molar-refractivity contribution in [1.29, 1.82) is 0 Å². The van der Waals surface area contributed by atoms with E-state index in [4.69, 9.17) is 10.9 Å². The molecule has 48 valence electrons. The third-order valence-corrected chi connectivity index (χ3v) is 0.963. The average molecular weight is 126 g/mol. The van der Waals surface area contributed by atoms with E-state index in [0.29, 0.717) is 5.56 Å². The molecule has 0 radical (unpaired) electrons. The number of carbonyl (C=O) groups is 1. The van der Waals surface area contributed by atoms with E-state index in [0.717, 1.165) is 4.73 Å². The Labute approximate surface area is 51.5 Å². The van der Waals surface area contributed by atoms with Crippen LogP contribution in [0, 0.1) is 0 Å². The maximum absolute atomic E-state index is 10.3. The zero-order valence-electron chi connectivity index (χ0n) is 4.61. The zero-order valence-corrected chi connectivity index (χ0v) is 4.61. The molecule has 1 amide bonds. The molecule has 0 unspecified atom stereocenters. The second kappa shape index (κ2) is 1.81. The number of nitrogens with zero attached hydrogens (tertiary/aromatic N) is 1. The molecule has 0 aromatic carbocycles. The van der Waals surface area contributed by atoms with E-state index in [9.17, 15) is 4.79 Å². The number of aromatic nitrogens is 1. The summed E-state index contributed by atoms with van der Waals surface area (Å²) in [5.74, 6) is -0.539. The van der Waals surface area contributed by atoms with Gasteiger partial charge in [-0.3, -0.25) is 4.79 Å². The SMILES string of the molecule is NC(=O)c1ccn(O)c1. The van der Waals surface area contributed by atoms with Crippen LogP contribution in [0.3, 0.4) is 0 Å². The van der Waals surface area contributed by atoms with Crippen LogP contribution in [-0.4, -0.2) is 15.8 Å². The quantitative estimate of drug-likeness (QED) is 0.512. The molecule has 0 atom stereocenters. The summed E-state index contributed by atoms with van der Waals surface area (Å²) < 4.78 is 0.778. The molecule has 9 heavy (non-hydrogen) atoms. The maximum Gasteiger partial charge on any atom is 0.250 e. The Kier molecular flexibility index (Phi) is 1.14. The summed E-state index contributed by atoms with van der Waals surface area (Å²) in [7, 11) is 0. The standard InChI is InChI=1S/C5H6N2O2/c6-5(8)4-1-2-7(9)3-4/h1-3,9H,(H2,6,8). The van der Waals surface area contributed by atoms with Gasteiger partial charge in [0.05, 0.1) is 11.8 Å². The van der Waals surface area contributed by atoms with Crippen molar-refractivity contribution < 1.29 is 10.0 Å². The fourth-order valence-electron chi connectivity index (χ4n) is 0.531. The van der Waals surface area contributed by atoms with Gasteiger partial charge < -0.3 is 10.9 Å². The minimum absolute atomic E-state index is 0.303. The number of nitrogens with two attached hydrogens (primary N) is 1. The van der Waals surface area contributed by atoms with Crippen LogP contribution in [0.2, 0.25) is 0 Å². The smallest absolute Gasteiger partial charge is 0.250 e. The number of primary amides is 1. The molecule has 0 aliphatic rings. The highest BCUT2D eigenvalue weighted by molar-refractivity contribution is 5.92. The van der Waals surface area contributed by atoms with Crippen molar-refractivity contribution in [1.82, 2.24) is 4.73 Å². The topological polar surface area (TPSA) is 68.2 Å². The number of amides is 1. The lowest BCUT2D eigenvalue weighted by molar-refractivity contribution is 0.0998. The molecular weight excluding hydrogens is 120 g/mol. The second-order valence-electron chi connectivity index (χ2n) is 1.64. The lowest BCUT2D eigenvalue weighted by Crippen LogP contribution is -2.09. The van der Waals surface area contributed by atoms with E-state index >= 15 is 0 Å². The lowest BCUT2D eigenvalue weighted by Gasteiger charge is -1.84. The Hall–Kier alpha value is -1.45. The van der Waals surface area contributed by atoms with Gasteiger partial charge in [-0.05, 0) is 6.07 Å². The van der Waals surface area contributed by atoms with Gasteiger partial charge in [-0.2, -0.15) is 0 Å². The number of rotatable bonds is 1. The fourth-order valence-corrected chi connectivity index (χ4v) is 0.531. The Morgan fingerprint density at radius 3 is 2.67 bits per heavy atom. The monoisotopic (exact) mass is 126 g/mol. The molecule has 0 bridgehead atoms. The number of carbonyl (C=O) groups excluding carboxylic acids is 1. The molecule has 0 aliphatic heterocycles. The summed E-state index contributed by atoms with van der Waals surface area (Å²) in [4.78, 5) is 10.3. The number of hydrogen-bond donors (Lipinski definition) is 2. The van der Waals surface area contributed by atoms with Gasteiger partial charge in [-0.1, -0.05) is 0 Å². The molecule has 0 aliphatic carbocycles. The number of hydrogen-bond acceptors (Lipinski definition) is 2. The molecule has 1 rings (SSSR count). The van der Waals surface area contributed by atoms with Crippen molar-refractivity contribution in [2.75, 3.05) is 0 Å². The van der Waals surface area contributed by atoms with E-state index in [1.165, 1.54) is 18.5 Å². The van der Waals surface area contributed by atoms with Gasteiger partial charge in [0, 0.05) is 6.20 Å². The molecule has 4 nitrogen and oxygen atoms in total. The van der Waals surface area contributed by atoms with Crippen molar-refractivity contribution in [2.45, 2.75) is 0 Å². The first-order valence-corrected chi connectivity index (χ1v) is 2.37. The van der Waals surface area contributed by atoms with E-state index in [-0.39, 0.29) is 0 Å². The van der Waals surface area contributed by atoms with Crippen LogP contribution in [-0.2, 0) is 0 Å². The summed E-state index contributed by atoms with van der Waals surface area (Å²) in [6.45, 7) is 0. The first-order chi connectivity index (χ1) is 4.20. The predicted octanol–water partition coefficient (Wildman–Crippen LogP) is -0.176. The molecule has 0 saturated heterocycles. The van der Waals surface area contributed by atoms with Gasteiger partial charge in [0.1, 0.15) is 0 Å². The normalized spacial score (nSPS) is 9.33. The second-order valence-corrected chi connectivity index (χ2v) is 1.64. The first kappa shape index (κ1) is 5.68. The van der Waals surface area contributed by atoms with Crippen LogP contribution in [0.4, 0.5) is 0 Å². The van der Waals surface area contributed by atoms with Gasteiger partial charge >= 0.3 is 0 Å². The minimum Gasteiger partial charge on any atom is -0.429 e. The highest BCUT2D eigenvalue weighted by atomic mass is 16.5. The Balaban J connectivity index is 2.98.